The molecule has 0 radical (unpaired) electrons. The molecule has 0 spiro atoms. The highest BCUT2D eigenvalue weighted by molar-refractivity contribution is 5.65. The second-order valence-corrected chi connectivity index (χ2v) is 1.96. The number of carboxylic acid groups (broad SMARTS) is 1. The van der Waals surface area contributed by atoms with E-state index >= 15 is 0 Å². The maximum absolute atomic E-state index is 10.4. The molecule has 0 saturated carbocycles. The van der Waals surface area contributed by atoms with Crippen LogP contribution in [0.1, 0.15) is 0 Å². The average molecular weight is 173 g/mol. The smallest absolute Gasteiger partial charge is 0.407 e. The van der Waals surface area contributed by atoms with E-state index in [0.717, 1.165) is 17.4 Å². The lowest BCUT2D eigenvalue weighted by Gasteiger charge is -2.13. The molecule has 5 nitrogen and oxygen atoms in total. The van der Waals surface area contributed by atoms with Gasteiger partial charge in [-0.3, -0.25) is 0 Å². The minimum atomic E-state index is -1.11. The highest BCUT2D eigenvalue weighted by Crippen LogP contribution is 1.90. The highest BCUT2D eigenvalue weighted by atomic mass is 16.4. The standard InChI is InChI=1S/C7H11NO4/c9-5-1-3-8(7(11)12)4-2-6-10/h1-2,5-6,9-10H,3-4H2,(H,11,12). The van der Waals surface area contributed by atoms with Crippen LogP contribution >= 0.6 is 0 Å². The van der Waals surface area contributed by atoms with E-state index in [4.69, 9.17) is 15.3 Å². The van der Waals surface area contributed by atoms with Crippen LogP contribution < -0.4 is 0 Å². The van der Waals surface area contributed by atoms with Gasteiger partial charge in [-0.15, -0.1) is 0 Å². The third-order valence-electron chi connectivity index (χ3n) is 1.13. The van der Waals surface area contributed by atoms with Gasteiger partial charge < -0.3 is 20.2 Å². The minimum absolute atomic E-state index is 0.0934. The first-order valence-corrected chi connectivity index (χ1v) is 3.28. The molecule has 1 amide bonds. The van der Waals surface area contributed by atoms with Crippen LogP contribution in [0.3, 0.4) is 0 Å². The van der Waals surface area contributed by atoms with Gasteiger partial charge in [0.1, 0.15) is 0 Å². The molecule has 0 bridgehead atoms. The molecule has 0 rings (SSSR count). The number of carbonyl (C=O) groups is 1. The van der Waals surface area contributed by atoms with Crippen LogP contribution in [-0.4, -0.2) is 39.4 Å². The van der Waals surface area contributed by atoms with Crippen molar-refractivity contribution in [2.75, 3.05) is 13.1 Å². The van der Waals surface area contributed by atoms with Crippen molar-refractivity contribution in [2.24, 2.45) is 0 Å². The number of amides is 1. The van der Waals surface area contributed by atoms with E-state index in [-0.39, 0.29) is 13.1 Å². The summed E-state index contributed by atoms with van der Waals surface area (Å²) in [6.07, 6.45) is 3.03. The molecular weight excluding hydrogens is 162 g/mol. The molecule has 0 aromatic rings. The largest absolute Gasteiger partial charge is 0.516 e. The summed E-state index contributed by atoms with van der Waals surface area (Å²) >= 11 is 0. The average Bonchev–Trinajstić information content (AvgIpc) is 2.04. The van der Waals surface area contributed by atoms with Gasteiger partial charge in [0.2, 0.25) is 0 Å². The van der Waals surface area contributed by atoms with Crippen molar-refractivity contribution in [1.82, 2.24) is 4.90 Å². The van der Waals surface area contributed by atoms with Crippen molar-refractivity contribution in [1.29, 1.82) is 0 Å². The van der Waals surface area contributed by atoms with Gasteiger partial charge in [-0.1, -0.05) is 0 Å². The predicted octanol–water partition coefficient (Wildman–Crippen LogP) is 1.11. The molecule has 0 saturated heterocycles. The fraction of sp³-hybridized carbons (Fsp3) is 0.286. The molecule has 0 fully saturated rings. The van der Waals surface area contributed by atoms with Crippen molar-refractivity contribution in [2.45, 2.75) is 0 Å². The van der Waals surface area contributed by atoms with Crippen LogP contribution in [0.2, 0.25) is 0 Å². The number of aliphatic hydroxyl groups is 2. The molecule has 0 aliphatic heterocycles. The summed E-state index contributed by atoms with van der Waals surface area (Å²) in [7, 11) is 0. The molecule has 5 heteroatoms. The maximum Gasteiger partial charge on any atom is 0.407 e. The Kier molecular flexibility index (Phi) is 5.25. The maximum atomic E-state index is 10.4. The summed E-state index contributed by atoms with van der Waals surface area (Å²) in [5.74, 6) is 0. The molecular formula is C7H11NO4. The van der Waals surface area contributed by atoms with Crippen LogP contribution in [0.5, 0.6) is 0 Å². The summed E-state index contributed by atoms with van der Waals surface area (Å²) in [5.41, 5.74) is 0. The summed E-state index contributed by atoms with van der Waals surface area (Å²) < 4.78 is 0. The Morgan fingerprint density at radius 2 is 1.58 bits per heavy atom. The molecule has 0 aliphatic rings. The Balaban J connectivity index is 3.95. The van der Waals surface area contributed by atoms with Gasteiger partial charge in [-0.25, -0.2) is 4.79 Å². The van der Waals surface area contributed by atoms with E-state index in [1.165, 1.54) is 12.2 Å². The lowest BCUT2D eigenvalue weighted by molar-refractivity contribution is 0.155. The van der Waals surface area contributed by atoms with Gasteiger partial charge >= 0.3 is 6.09 Å². The van der Waals surface area contributed by atoms with Crippen LogP contribution in [0.25, 0.3) is 0 Å². The Morgan fingerprint density at radius 1 is 1.17 bits per heavy atom. The van der Waals surface area contributed by atoms with E-state index < -0.39 is 6.09 Å². The third kappa shape index (κ3) is 4.21. The first-order chi connectivity index (χ1) is 5.72. The zero-order valence-corrected chi connectivity index (χ0v) is 6.42. The lowest BCUT2D eigenvalue weighted by Crippen LogP contribution is -2.29. The molecule has 0 aliphatic carbocycles. The molecule has 0 aromatic heterocycles. The first-order valence-electron chi connectivity index (χ1n) is 3.28. The van der Waals surface area contributed by atoms with Gasteiger partial charge in [0.15, 0.2) is 0 Å². The topological polar surface area (TPSA) is 81.0 Å². The molecule has 68 valence electrons. The van der Waals surface area contributed by atoms with Crippen molar-refractivity contribution in [3.63, 3.8) is 0 Å². The van der Waals surface area contributed by atoms with E-state index in [9.17, 15) is 4.79 Å². The number of hydrogen-bond acceptors (Lipinski definition) is 3. The molecule has 0 unspecified atom stereocenters. The van der Waals surface area contributed by atoms with E-state index in [1.54, 1.807) is 0 Å². The summed E-state index contributed by atoms with van der Waals surface area (Å²) in [6, 6.07) is 0. The number of hydrogen-bond donors (Lipinski definition) is 3. The third-order valence-corrected chi connectivity index (χ3v) is 1.13. The Labute approximate surface area is 69.9 Å². The van der Waals surface area contributed by atoms with Crippen molar-refractivity contribution < 1.29 is 20.1 Å². The Hall–Kier alpha value is -1.65. The van der Waals surface area contributed by atoms with Gasteiger partial charge in [-0.05, 0) is 12.2 Å². The molecule has 3 N–H and O–H groups in total. The summed E-state index contributed by atoms with van der Waals surface area (Å²) in [6.45, 7) is 0.187. The SMILES string of the molecule is O=C(O)N(CC=CO)CC=CO. The zero-order chi connectivity index (χ0) is 9.40. The Bertz CT molecular complexity index is 174. The number of aliphatic hydroxyl groups excluding tert-OH is 2. The summed E-state index contributed by atoms with van der Waals surface area (Å²) in [5, 5.41) is 25.0. The second kappa shape index (κ2) is 6.09. The van der Waals surface area contributed by atoms with Gasteiger partial charge in [0, 0.05) is 13.1 Å². The van der Waals surface area contributed by atoms with Gasteiger partial charge in [0.25, 0.3) is 0 Å². The lowest BCUT2D eigenvalue weighted by atomic mass is 10.5. The Morgan fingerprint density at radius 3 is 1.83 bits per heavy atom. The second-order valence-electron chi connectivity index (χ2n) is 1.96. The molecule has 0 heterocycles. The fourth-order valence-electron chi connectivity index (χ4n) is 0.579. The van der Waals surface area contributed by atoms with Crippen LogP contribution in [0, 0.1) is 0 Å². The van der Waals surface area contributed by atoms with Crippen LogP contribution in [0.15, 0.2) is 24.7 Å². The predicted molar refractivity (Wildman–Crippen MR) is 43.1 cm³/mol. The van der Waals surface area contributed by atoms with Gasteiger partial charge in [0.05, 0.1) is 12.5 Å². The van der Waals surface area contributed by atoms with E-state index in [1.807, 2.05) is 0 Å². The van der Waals surface area contributed by atoms with Crippen molar-refractivity contribution >= 4 is 6.09 Å². The highest BCUT2D eigenvalue weighted by Gasteiger charge is 2.06. The van der Waals surface area contributed by atoms with Crippen molar-refractivity contribution in [3.05, 3.63) is 24.7 Å². The zero-order valence-electron chi connectivity index (χ0n) is 6.42. The first kappa shape index (κ1) is 10.3. The fourth-order valence-corrected chi connectivity index (χ4v) is 0.579. The molecule has 0 aromatic carbocycles. The monoisotopic (exact) mass is 173 g/mol. The summed E-state index contributed by atoms with van der Waals surface area (Å²) in [4.78, 5) is 11.4. The van der Waals surface area contributed by atoms with Crippen molar-refractivity contribution in [3.8, 4) is 0 Å². The van der Waals surface area contributed by atoms with Crippen LogP contribution in [0.4, 0.5) is 4.79 Å². The van der Waals surface area contributed by atoms with E-state index in [2.05, 4.69) is 0 Å². The van der Waals surface area contributed by atoms with Crippen LogP contribution in [-0.2, 0) is 0 Å². The minimum Gasteiger partial charge on any atom is -0.516 e. The number of rotatable bonds is 4. The van der Waals surface area contributed by atoms with Gasteiger partial charge in [-0.2, -0.15) is 0 Å². The quantitative estimate of drug-likeness (QED) is 0.556. The number of nitrogens with zero attached hydrogens (tertiary/aromatic N) is 1. The normalized spacial score (nSPS) is 11.0. The van der Waals surface area contributed by atoms with E-state index in [0.29, 0.717) is 0 Å². The molecule has 12 heavy (non-hydrogen) atoms. The molecule has 0 atom stereocenters.